The molecule has 1 heterocycles. The van der Waals surface area contributed by atoms with Gasteiger partial charge in [0.2, 0.25) is 0 Å². The number of rotatable bonds is 7. The molecule has 2 aromatic carbocycles. The number of aryl methyl sites for hydroxylation is 1. The molecule has 0 saturated heterocycles. The summed E-state index contributed by atoms with van der Waals surface area (Å²) in [5, 5.41) is 6.81. The Labute approximate surface area is 158 Å². The summed E-state index contributed by atoms with van der Waals surface area (Å²) in [7, 11) is 0. The molecule has 27 heavy (non-hydrogen) atoms. The van der Waals surface area contributed by atoms with Gasteiger partial charge in [-0.3, -0.25) is 4.79 Å². The first-order chi connectivity index (χ1) is 13.1. The zero-order chi connectivity index (χ0) is 19.2. The van der Waals surface area contributed by atoms with Crippen LogP contribution in [0.4, 0.5) is 5.69 Å². The predicted molar refractivity (Wildman–Crippen MR) is 104 cm³/mol. The standard InChI is InChI=1S/C21H23N3O3/c1-4-19-23-21(27-24-19)15-8-7-9-16(12-15)26-13-20(25)22-18-11-6-5-10-17(18)14(2)3/h5-12,14H,4,13H2,1-3H3,(H,22,25). The van der Waals surface area contributed by atoms with Crippen molar-refractivity contribution in [3.8, 4) is 17.2 Å². The number of anilines is 1. The number of carbonyl (C=O) groups excluding carboxylic acids is 1. The highest BCUT2D eigenvalue weighted by Crippen LogP contribution is 2.24. The third-order valence-corrected chi connectivity index (χ3v) is 4.09. The van der Waals surface area contributed by atoms with Crippen molar-refractivity contribution in [3.05, 3.63) is 59.9 Å². The van der Waals surface area contributed by atoms with Crippen LogP contribution in [0.1, 0.15) is 38.1 Å². The quantitative estimate of drug-likeness (QED) is 0.670. The van der Waals surface area contributed by atoms with Gasteiger partial charge in [0.05, 0.1) is 0 Å². The van der Waals surface area contributed by atoms with Crippen molar-refractivity contribution in [2.45, 2.75) is 33.1 Å². The van der Waals surface area contributed by atoms with Crippen LogP contribution in [0.5, 0.6) is 5.75 Å². The van der Waals surface area contributed by atoms with Gasteiger partial charge in [-0.15, -0.1) is 0 Å². The van der Waals surface area contributed by atoms with E-state index in [0.29, 0.717) is 29.8 Å². The van der Waals surface area contributed by atoms with E-state index in [2.05, 4.69) is 29.3 Å². The van der Waals surface area contributed by atoms with E-state index in [1.165, 1.54) is 0 Å². The van der Waals surface area contributed by atoms with E-state index in [4.69, 9.17) is 9.26 Å². The van der Waals surface area contributed by atoms with Crippen LogP contribution in [0.15, 0.2) is 53.1 Å². The third-order valence-electron chi connectivity index (χ3n) is 4.09. The Bertz CT molecular complexity index is 918. The fourth-order valence-corrected chi connectivity index (χ4v) is 2.68. The van der Waals surface area contributed by atoms with Crippen molar-refractivity contribution in [1.82, 2.24) is 10.1 Å². The van der Waals surface area contributed by atoms with E-state index in [1.54, 1.807) is 12.1 Å². The first-order valence-corrected chi connectivity index (χ1v) is 9.01. The number of nitrogens with one attached hydrogen (secondary N) is 1. The van der Waals surface area contributed by atoms with Crippen LogP contribution in [-0.4, -0.2) is 22.7 Å². The molecule has 0 radical (unpaired) electrons. The normalized spacial score (nSPS) is 10.8. The molecule has 0 spiro atoms. The molecule has 0 atom stereocenters. The minimum absolute atomic E-state index is 0.0834. The number of amides is 1. The van der Waals surface area contributed by atoms with Gasteiger partial charge < -0.3 is 14.6 Å². The van der Waals surface area contributed by atoms with Crippen molar-refractivity contribution in [2.24, 2.45) is 0 Å². The highest BCUT2D eigenvalue weighted by atomic mass is 16.5. The summed E-state index contributed by atoms with van der Waals surface area (Å²) in [6, 6.07) is 15.0. The van der Waals surface area contributed by atoms with E-state index in [-0.39, 0.29) is 12.5 Å². The molecule has 3 rings (SSSR count). The van der Waals surface area contributed by atoms with Gasteiger partial charge in [-0.05, 0) is 35.7 Å². The fraction of sp³-hybridized carbons (Fsp3) is 0.286. The maximum Gasteiger partial charge on any atom is 0.262 e. The Hall–Kier alpha value is -3.15. The van der Waals surface area contributed by atoms with Gasteiger partial charge in [0, 0.05) is 17.7 Å². The van der Waals surface area contributed by atoms with Gasteiger partial charge in [0.15, 0.2) is 12.4 Å². The highest BCUT2D eigenvalue weighted by Gasteiger charge is 2.11. The lowest BCUT2D eigenvalue weighted by atomic mass is 10.0. The Morgan fingerprint density at radius 1 is 1.19 bits per heavy atom. The summed E-state index contributed by atoms with van der Waals surface area (Å²) < 4.78 is 10.9. The van der Waals surface area contributed by atoms with E-state index < -0.39 is 0 Å². The molecule has 1 aromatic heterocycles. The zero-order valence-corrected chi connectivity index (χ0v) is 15.7. The topological polar surface area (TPSA) is 77.2 Å². The number of aromatic nitrogens is 2. The molecule has 6 heteroatoms. The van der Waals surface area contributed by atoms with Crippen LogP contribution < -0.4 is 10.1 Å². The fourth-order valence-electron chi connectivity index (χ4n) is 2.68. The smallest absolute Gasteiger partial charge is 0.262 e. The summed E-state index contributed by atoms with van der Waals surface area (Å²) in [6.07, 6.45) is 0.706. The van der Waals surface area contributed by atoms with Crippen molar-refractivity contribution >= 4 is 11.6 Å². The molecule has 0 saturated carbocycles. The first kappa shape index (κ1) is 18.6. The molecule has 0 unspecified atom stereocenters. The van der Waals surface area contributed by atoms with Crippen LogP contribution in [-0.2, 0) is 11.2 Å². The van der Waals surface area contributed by atoms with E-state index in [0.717, 1.165) is 16.8 Å². The first-order valence-electron chi connectivity index (χ1n) is 9.01. The van der Waals surface area contributed by atoms with Crippen LogP contribution in [0, 0.1) is 0 Å². The molecular weight excluding hydrogens is 342 g/mol. The summed E-state index contributed by atoms with van der Waals surface area (Å²) >= 11 is 0. The number of ether oxygens (including phenoxy) is 1. The average molecular weight is 365 g/mol. The molecule has 0 aliphatic carbocycles. The Morgan fingerprint density at radius 2 is 2.00 bits per heavy atom. The summed E-state index contributed by atoms with van der Waals surface area (Å²) in [6.45, 7) is 6.06. The van der Waals surface area contributed by atoms with Crippen molar-refractivity contribution in [1.29, 1.82) is 0 Å². The van der Waals surface area contributed by atoms with Crippen LogP contribution >= 0.6 is 0 Å². The van der Waals surface area contributed by atoms with Crippen LogP contribution in [0.25, 0.3) is 11.5 Å². The van der Waals surface area contributed by atoms with Crippen LogP contribution in [0.2, 0.25) is 0 Å². The Kier molecular flexibility index (Phi) is 5.86. The van der Waals surface area contributed by atoms with Crippen LogP contribution in [0.3, 0.4) is 0 Å². The minimum Gasteiger partial charge on any atom is -0.484 e. The van der Waals surface area contributed by atoms with Crippen molar-refractivity contribution < 1.29 is 14.1 Å². The number of benzene rings is 2. The zero-order valence-electron chi connectivity index (χ0n) is 15.7. The molecule has 0 bridgehead atoms. The second kappa shape index (κ2) is 8.49. The second-order valence-corrected chi connectivity index (χ2v) is 6.48. The van der Waals surface area contributed by atoms with Gasteiger partial charge in [-0.1, -0.05) is 50.2 Å². The largest absolute Gasteiger partial charge is 0.484 e. The van der Waals surface area contributed by atoms with Gasteiger partial charge in [0.25, 0.3) is 11.8 Å². The molecule has 0 fully saturated rings. The van der Waals surface area contributed by atoms with Gasteiger partial charge >= 0.3 is 0 Å². The van der Waals surface area contributed by atoms with E-state index in [9.17, 15) is 4.79 Å². The lowest BCUT2D eigenvalue weighted by molar-refractivity contribution is -0.118. The lowest BCUT2D eigenvalue weighted by Crippen LogP contribution is -2.21. The maximum absolute atomic E-state index is 12.3. The molecule has 1 amide bonds. The van der Waals surface area contributed by atoms with Crippen molar-refractivity contribution in [3.63, 3.8) is 0 Å². The van der Waals surface area contributed by atoms with Gasteiger partial charge in [0.1, 0.15) is 5.75 Å². The van der Waals surface area contributed by atoms with Gasteiger partial charge in [-0.2, -0.15) is 4.98 Å². The SMILES string of the molecule is CCc1noc(-c2cccc(OCC(=O)Nc3ccccc3C(C)C)c2)n1. The monoisotopic (exact) mass is 365 g/mol. The summed E-state index contributed by atoms with van der Waals surface area (Å²) in [5.41, 5.74) is 2.66. The molecule has 140 valence electrons. The number of carbonyl (C=O) groups is 1. The number of hydrogen-bond donors (Lipinski definition) is 1. The number of para-hydroxylation sites is 1. The van der Waals surface area contributed by atoms with Gasteiger partial charge in [-0.25, -0.2) is 0 Å². The predicted octanol–water partition coefficient (Wildman–Crippen LogP) is 4.44. The highest BCUT2D eigenvalue weighted by molar-refractivity contribution is 5.92. The Morgan fingerprint density at radius 3 is 2.74 bits per heavy atom. The third kappa shape index (κ3) is 4.73. The maximum atomic E-state index is 12.3. The van der Waals surface area contributed by atoms with E-state index >= 15 is 0 Å². The number of nitrogens with zero attached hydrogens (tertiary/aromatic N) is 2. The lowest BCUT2D eigenvalue weighted by Gasteiger charge is -2.14. The minimum atomic E-state index is -0.209. The van der Waals surface area contributed by atoms with Crippen molar-refractivity contribution in [2.75, 3.05) is 11.9 Å². The summed E-state index contributed by atoms with van der Waals surface area (Å²) in [5.74, 6) is 1.77. The molecule has 6 nitrogen and oxygen atoms in total. The molecular formula is C21H23N3O3. The molecule has 1 N–H and O–H groups in total. The summed E-state index contributed by atoms with van der Waals surface area (Å²) in [4.78, 5) is 16.6. The Balaban J connectivity index is 1.63. The molecule has 0 aliphatic heterocycles. The number of hydrogen-bond acceptors (Lipinski definition) is 5. The molecule has 3 aromatic rings. The average Bonchev–Trinajstić information content (AvgIpc) is 3.16. The van der Waals surface area contributed by atoms with E-state index in [1.807, 2.05) is 43.3 Å². The molecule has 0 aliphatic rings. The second-order valence-electron chi connectivity index (χ2n) is 6.48.